The van der Waals surface area contributed by atoms with Gasteiger partial charge in [0.15, 0.2) is 11.6 Å². The van der Waals surface area contributed by atoms with Gasteiger partial charge in [-0.15, -0.1) is 11.3 Å². The summed E-state index contributed by atoms with van der Waals surface area (Å²) in [5.41, 5.74) is 1.38. The standard InChI is InChI=1S/C13H12FNO3S/c1-17-11-5-8(3-4-10(11)14)13-15-9(7-19-13)6-12(16)18-2/h3-5,7H,6H2,1-2H3. The van der Waals surface area contributed by atoms with E-state index in [4.69, 9.17) is 4.74 Å². The Balaban J connectivity index is 2.25. The molecule has 2 rings (SSSR count). The van der Waals surface area contributed by atoms with Gasteiger partial charge in [-0.2, -0.15) is 0 Å². The molecular formula is C13H12FNO3S. The third-order valence-corrected chi connectivity index (χ3v) is 3.44. The zero-order valence-electron chi connectivity index (χ0n) is 10.5. The zero-order chi connectivity index (χ0) is 13.8. The molecule has 0 amide bonds. The monoisotopic (exact) mass is 281 g/mol. The number of ether oxygens (including phenoxy) is 2. The van der Waals surface area contributed by atoms with Crippen LogP contribution >= 0.6 is 11.3 Å². The minimum absolute atomic E-state index is 0.130. The predicted octanol–water partition coefficient (Wildman–Crippen LogP) is 2.67. The normalized spacial score (nSPS) is 10.3. The Hall–Kier alpha value is -1.95. The van der Waals surface area contributed by atoms with Crippen molar-refractivity contribution in [3.8, 4) is 16.3 Å². The lowest BCUT2D eigenvalue weighted by atomic mass is 10.2. The zero-order valence-corrected chi connectivity index (χ0v) is 11.3. The first-order chi connectivity index (χ1) is 9.13. The summed E-state index contributed by atoms with van der Waals surface area (Å²) >= 11 is 1.38. The minimum atomic E-state index is -0.419. The van der Waals surface area contributed by atoms with Gasteiger partial charge in [-0.1, -0.05) is 0 Å². The van der Waals surface area contributed by atoms with Crippen LogP contribution in [-0.4, -0.2) is 25.2 Å². The second-order valence-corrected chi connectivity index (χ2v) is 4.60. The molecule has 0 saturated carbocycles. The van der Waals surface area contributed by atoms with Crippen LogP contribution in [0.25, 0.3) is 10.6 Å². The Morgan fingerprint density at radius 2 is 2.21 bits per heavy atom. The number of thiazole rings is 1. The quantitative estimate of drug-likeness (QED) is 0.808. The fourth-order valence-electron chi connectivity index (χ4n) is 1.53. The maximum atomic E-state index is 13.3. The van der Waals surface area contributed by atoms with Crippen molar-refractivity contribution in [2.45, 2.75) is 6.42 Å². The molecular weight excluding hydrogens is 269 g/mol. The van der Waals surface area contributed by atoms with E-state index in [-0.39, 0.29) is 18.1 Å². The average molecular weight is 281 g/mol. The summed E-state index contributed by atoms with van der Waals surface area (Å²) in [4.78, 5) is 15.5. The van der Waals surface area contributed by atoms with Crippen LogP contribution in [0.15, 0.2) is 23.6 Å². The smallest absolute Gasteiger partial charge is 0.311 e. The molecule has 100 valence electrons. The van der Waals surface area contributed by atoms with Crippen molar-refractivity contribution in [3.05, 3.63) is 35.1 Å². The Bertz CT molecular complexity index is 597. The third-order valence-electron chi connectivity index (χ3n) is 2.50. The largest absolute Gasteiger partial charge is 0.494 e. The summed E-state index contributed by atoms with van der Waals surface area (Å²) in [6, 6.07) is 4.53. The van der Waals surface area contributed by atoms with Crippen LogP contribution in [0.2, 0.25) is 0 Å². The molecule has 0 N–H and O–H groups in total. The molecule has 1 aromatic heterocycles. The van der Waals surface area contributed by atoms with E-state index in [9.17, 15) is 9.18 Å². The molecule has 0 spiro atoms. The Labute approximate surface area is 113 Å². The molecule has 2 aromatic rings. The van der Waals surface area contributed by atoms with Crippen LogP contribution < -0.4 is 4.74 Å². The number of carbonyl (C=O) groups is 1. The van der Waals surface area contributed by atoms with Crippen molar-refractivity contribution >= 4 is 17.3 Å². The second-order valence-electron chi connectivity index (χ2n) is 3.75. The fourth-order valence-corrected chi connectivity index (χ4v) is 2.35. The van der Waals surface area contributed by atoms with Crippen LogP contribution in [-0.2, 0) is 16.0 Å². The third kappa shape index (κ3) is 3.08. The highest BCUT2D eigenvalue weighted by atomic mass is 32.1. The summed E-state index contributed by atoms with van der Waals surface area (Å²) in [5, 5.41) is 2.49. The lowest BCUT2D eigenvalue weighted by molar-refractivity contribution is -0.139. The van der Waals surface area contributed by atoms with E-state index in [1.807, 2.05) is 0 Å². The van der Waals surface area contributed by atoms with E-state index in [2.05, 4.69) is 9.72 Å². The molecule has 0 bridgehead atoms. The van der Waals surface area contributed by atoms with Gasteiger partial charge in [-0.3, -0.25) is 4.79 Å². The summed E-state index contributed by atoms with van der Waals surface area (Å²) in [5.74, 6) is -0.589. The highest BCUT2D eigenvalue weighted by molar-refractivity contribution is 7.13. The molecule has 0 fully saturated rings. The highest BCUT2D eigenvalue weighted by Gasteiger charge is 2.11. The maximum Gasteiger partial charge on any atom is 0.311 e. The first-order valence-electron chi connectivity index (χ1n) is 5.49. The molecule has 0 aliphatic rings. The van der Waals surface area contributed by atoms with Crippen molar-refractivity contribution in [1.29, 1.82) is 0 Å². The van der Waals surface area contributed by atoms with E-state index in [1.54, 1.807) is 17.5 Å². The number of halogens is 1. The lowest BCUT2D eigenvalue weighted by Gasteiger charge is -2.03. The van der Waals surface area contributed by atoms with Crippen molar-refractivity contribution in [1.82, 2.24) is 4.98 Å². The van der Waals surface area contributed by atoms with Crippen molar-refractivity contribution in [3.63, 3.8) is 0 Å². The Morgan fingerprint density at radius 3 is 2.89 bits per heavy atom. The molecule has 1 heterocycles. The molecule has 0 saturated heterocycles. The molecule has 4 nitrogen and oxygen atoms in total. The number of benzene rings is 1. The molecule has 6 heteroatoms. The van der Waals surface area contributed by atoms with Crippen LogP contribution in [0.5, 0.6) is 5.75 Å². The van der Waals surface area contributed by atoms with E-state index < -0.39 is 5.82 Å². The van der Waals surface area contributed by atoms with Crippen LogP contribution in [0.4, 0.5) is 4.39 Å². The van der Waals surface area contributed by atoms with Gasteiger partial charge in [0, 0.05) is 10.9 Å². The highest BCUT2D eigenvalue weighted by Crippen LogP contribution is 2.28. The van der Waals surface area contributed by atoms with Crippen molar-refractivity contribution in [2.75, 3.05) is 14.2 Å². The number of hydrogen-bond acceptors (Lipinski definition) is 5. The van der Waals surface area contributed by atoms with Gasteiger partial charge in [0.05, 0.1) is 26.3 Å². The minimum Gasteiger partial charge on any atom is -0.494 e. The fraction of sp³-hybridized carbons (Fsp3) is 0.231. The van der Waals surface area contributed by atoms with Gasteiger partial charge >= 0.3 is 5.97 Å². The van der Waals surface area contributed by atoms with Crippen LogP contribution in [0.3, 0.4) is 0 Å². The molecule has 1 aromatic carbocycles. The number of carbonyl (C=O) groups excluding carboxylic acids is 1. The maximum absolute atomic E-state index is 13.3. The van der Waals surface area contributed by atoms with Gasteiger partial charge in [-0.05, 0) is 18.2 Å². The Morgan fingerprint density at radius 1 is 1.42 bits per heavy atom. The first kappa shape index (κ1) is 13.5. The van der Waals surface area contributed by atoms with Crippen LogP contribution in [0, 0.1) is 5.82 Å². The summed E-state index contributed by atoms with van der Waals surface area (Å²) < 4.78 is 22.8. The van der Waals surface area contributed by atoms with Crippen molar-refractivity contribution < 1.29 is 18.7 Å². The van der Waals surface area contributed by atoms with Gasteiger partial charge < -0.3 is 9.47 Å². The van der Waals surface area contributed by atoms with Crippen molar-refractivity contribution in [2.24, 2.45) is 0 Å². The number of methoxy groups -OCH3 is 2. The van der Waals surface area contributed by atoms with Crippen LogP contribution in [0.1, 0.15) is 5.69 Å². The van der Waals surface area contributed by atoms with Gasteiger partial charge in [-0.25, -0.2) is 9.37 Å². The molecule has 0 aliphatic heterocycles. The molecule has 0 aliphatic carbocycles. The number of esters is 1. The SMILES string of the molecule is COC(=O)Cc1csc(-c2ccc(F)c(OC)c2)n1. The molecule has 19 heavy (non-hydrogen) atoms. The second kappa shape index (κ2) is 5.79. The van der Waals surface area contributed by atoms with Gasteiger partial charge in [0.25, 0.3) is 0 Å². The topological polar surface area (TPSA) is 48.4 Å². The Kier molecular flexibility index (Phi) is 4.11. The van der Waals surface area contributed by atoms with E-state index in [0.717, 1.165) is 5.56 Å². The van der Waals surface area contributed by atoms with Gasteiger partial charge in [0.2, 0.25) is 0 Å². The number of hydrogen-bond donors (Lipinski definition) is 0. The summed E-state index contributed by atoms with van der Waals surface area (Å²) in [6.45, 7) is 0. The first-order valence-corrected chi connectivity index (χ1v) is 6.37. The molecule has 0 atom stereocenters. The van der Waals surface area contributed by atoms with E-state index in [1.165, 1.54) is 31.6 Å². The summed E-state index contributed by atoms with van der Waals surface area (Å²) in [7, 11) is 2.74. The molecule has 0 unspecified atom stereocenters. The number of rotatable bonds is 4. The summed E-state index contributed by atoms with van der Waals surface area (Å²) in [6.07, 6.45) is 0.130. The van der Waals surface area contributed by atoms with E-state index in [0.29, 0.717) is 10.7 Å². The van der Waals surface area contributed by atoms with Gasteiger partial charge in [0.1, 0.15) is 5.01 Å². The number of nitrogens with zero attached hydrogens (tertiary/aromatic N) is 1. The lowest BCUT2D eigenvalue weighted by Crippen LogP contribution is -2.04. The van der Waals surface area contributed by atoms with E-state index >= 15 is 0 Å². The predicted molar refractivity (Wildman–Crippen MR) is 69.8 cm³/mol. The number of aromatic nitrogens is 1. The average Bonchev–Trinajstić information content (AvgIpc) is 2.87. The molecule has 0 radical (unpaired) electrons.